The van der Waals surface area contributed by atoms with Gasteiger partial charge in [0.15, 0.2) is 11.6 Å². The largest absolute Gasteiger partial charge is 0.494 e. The van der Waals surface area contributed by atoms with E-state index in [4.69, 9.17) is 4.74 Å². The number of benzene rings is 1. The van der Waals surface area contributed by atoms with Gasteiger partial charge in [-0.3, -0.25) is 4.79 Å². The Morgan fingerprint density at radius 2 is 2.06 bits per heavy atom. The van der Waals surface area contributed by atoms with Crippen molar-refractivity contribution in [3.8, 4) is 5.75 Å². The van der Waals surface area contributed by atoms with Gasteiger partial charge >= 0.3 is 5.97 Å². The third kappa shape index (κ3) is 1.57. The van der Waals surface area contributed by atoms with E-state index < -0.39 is 23.0 Å². The topological polar surface area (TPSA) is 46.5 Å². The first-order valence-corrected chi connectivity index (χ1v) is 5.29. The molecule has 0 bridgehead atoms. The van der Waals surface area contributed by atoms with E-state index in [1.165, 1.54) is 7.11 Å². The van der Waals surface area contributed by atoms with Crippen LogP contribution in [0.3, 0.4) is 0 Å². The van der Waals surface area contributed by atoms with Gasteiger partial charge in [0.1, 0.15) is 5.82 Å². The van der Waals surface area contributed by atoms with Crippen LogP contribution in [0.2, 0.25) is 0 Å². The van der Waals surface area contributed by atoms with Crippen molar-refractivity contribution in [2.24, 2.45) is 0 Å². The van der Waals surface area contributed by atoms with Crippen LogP contribution in [0, 0.1) is 11.6 Å². The van der Waals surface area contributed by atoms with Gasteiger partial charge in [-0.05, 0) is 25.0 Å². The Morgan fingerprint density at radius 3 is 2.47 bits per heavy atom. The normalized spacial score (nSPS) is 17.4. The zero-order valence-corrected chi connectivity index (χ0v) is 9.30. The minimum atomic E-state index is -1.43. The molecule has 0 amide bonds. The lowest BCUT2D eigenvalue weighted by atomic mass is 9.64. The van der Waals surface area contributed by atoms with Crippen molar-refractivity contribution in [2.75, 3.05) is 7.11 Å². The summed E-state index contributed by atoms with van der Waals surface area (Å²) < 4.78 is 32.4. The highest BCUT2D eigenvalue weighted by molar-refractivity contribution is 5.83. The predicted octanol–water partition coefficient (Wildman–Crippen LogP) is 2.48. The Hall–Kier alpha value is -1.65. The summed E-state index contributed by atoms with van der Waals surface area (Å²) >= 11 is 0. The molecule has 2 rings (SSSR count). The number of rotatable bonds is 3. The number of halogens is 2. The number of carboxylic acid groups (broad SMARTS) is 1. The van der Waals surface area contributed by atoms with Crippen molar-refractivity contribution in [3.63, 3.8) is 0 Å². The molecule has 5 heteroatoms. The number of hydrogen-bond donors (Lipinski definition) is 1. The standard InChI is InChI=1S/C12H12F2O3/c1-17-8-4-3-7(13)9(10(8)14)12(11(15)16)5-2-6-12/h3-4H,2,5-6H2,1H3,(H,15,16). The van der Waals surface area contributed by atoms with Gasteiger partial charge in [-0.1, -0.05) is 6.42 Å². The molecule has 0 radical (unpaired) electrons. The number of carbonyl (C=O) groups is 1. The number of aliphatic carboxylic acids is 1. The molecule has 3 nitrogen and oxygen atoms in total. The summed E-state index contributed by atoms with van der Waals surface area (Å²) in [5.74, 6) is -3.05. The third-order valence-corrected chi connectivity index (χ3v) is 3.37. The first-order chi connectivity index (χ1) is 8.03. The van der Waals surface area contributed by atoms with Crippen LogP contribution < -0.4 is 4.74 Å². The summed E-state index contributed by atoms with van der Waals surface area (Å²) in [6, 6.07) is 2.20. The average molecular weight is 242 g/mol. The number of hydrogen-bond acceptors (Lipinski definition) is 2. The van der Waals surface area contributed by atoms with Crippen LogP contribution in [-0.2, 0) is 10.2 Å². The van der Waals surface area contributed by atoms with E-state index in [1.807, 2.05) is 0 Å². The Labute approximate surface area is 97.0 Å². The molecule has 0 spiro atoms. The van der Waals surface area contributed by atoms with Gasteiger partial charge in [-0.15, -0.1) is 0 Å². The average Bonchev–Trinajstić information content (AvgIpc) is 2.21. The van der Waals surface area contributed by atoms with Gasteiger partial charge in [0.25, 0.3) is 0 Å². The van der Waals surface area contributed by atoms with Crippen molar-refractivity contribution in [3.05, 3.63) is 29.3 Å². The molecule has 1 fully saturated rings. The Morgan fingerprint density at radius 1 is 1.41 bits per heavy atom. The van der Waals surface area contributed by atoms with E-state index >= 15 is 0 Å². The van der Waals surface area contributed by atoms with E-state index in [1.54, 1.807) is 0 Å². The van der Waals surface area contributed by atoms with Gasteiger partial charge in [0.2, 0.25) is 0 Å². The molecule has 1 N–H and O–H groups in total. The summed E-state index contributed by atoms with van der Waals surface area (Å²) in [6.07, 6.45) is 1.16. The lowest BCUT2D eigenvalue weighted by Crippen LogP contribution is -2.43. The van der Waals surface area contributed by atoms with Crippen molar-refractivity contribution in [1.29, 1.82) is 0 Å². The molecule has 1 saturated carbocycles. The SMILES string of the molecule is COc1ccc(F)c(C2(C(=O)O)CCC2)c1F. The Bertz CT molecular complexity index is 467. The highest BCUT2D eigenvalue weighted by Gasteiger charge is 2.49. The van der Waals surface area contributed by atoms with Crippen LogP contribution >= 0.6 is 0 Å². The highest BCUT2D eigenvalue weighted by Crippen LogP contribution is 2.47. The zero-order valence-electron chi connectivity index (χ0n) is 9.30. The van der Waals surface area contributed by atoms with Gasteiger partial charge in [0, 0.05) is 5.56 Å². The number of carboxylic acids is 1. The Kier molecular flexibility index (Phi) is 2.77. The van der Waals surface area contributed by atoms with Gasteiger partial charge in [-0.25, -0.2) is 8.78 Å². The summed E-state index contributed by atoms with van der Waals surface area (Å²) in [6.45, 7) is 0. The van der Waals surface area contributed by atoms with E-state index in [2.05, 4.69) is 0 Å². The predicted molar refractivity (Wildman–Crippen MR) is 56.1 cm³/mol. The molecule has 92 valence electrons. The molecule has 0 aromatic heterocycles. The minimum Gasteiger partial charge on any atom is -0.494 e. The van der Waals surface area contributed by atoms with Crippen LogP contribution in [0.1, 0.15) is 24.8 Å². The maximum atomic E-state index is 14.0. The fourth-order valence-electron chi connectivity index (χ4n) is 2.23. The summed E-state index contributed by atoms with van der Waals surface area (Å²) in [5.41, 5.74) is -1.81. The molecule has 0 atom stereocenters. The van der Waals surface area contributed by atoms with Gasteiger partial charge < -0.3 is 9.84 Å². The van der Waals surface area contributed by atoms with Crippen LogP contribution in [0.5, 0.6) is 5.75 Å². The zero-order chi connectivity index (χ0) is 12.6. The molecular formula is C12H12F2O3. The van der Waals surface area contributed by atoms with Gasteiger partial charge in [0.05, 0.1) is 12.5 Å². The van der Waals surface area contributed by atoms with E-state index in [0.29, 0.717) is 6.42 Å². The first-order valence-electron chi connectivity index (χ1n) is 5.29. The molecule has 0 saturated heterocycles. The fourth-order valence-corrected chi connectivity index (χ4v) is 2.23. The molecule has 1 aromatic rings. The summed E-state index contributed by atoms with van der Waals surface area (Å²) in [4.78, 5) is 11.2. The summed E-state index contributed by atoms with van der Waals surface area (Å²) in [7, 11) is 1.26. The van der Waals surface area contributed by atoms with Crippen LogP contribution in [0.4, 0.5) is 8.78 Å². The molecule has 1 aliphatic carbocycles. The van der Waals surface area contributed by atoms with E-state index in [-0.39, 0.29) is 24.2 Å². The lowest BCUT2D eigenvalue weighted by Gasteiger charge is -2.38. The number of methoxy groups -OCH3 is 1. The van der Waals surface area contributed by atoms with Crippen LogP contribution in [0.15, 0.2) is 12.1 Å². The van der Waals surface area contributed by atoms with E-state index in [0.717, 1.165) is 12.1 Å². The maximum Gasteiger partial charge on any atom is 0.314 e. The minimum absolute atomic E-state index is 0.131. The van der Waals surface area contributed by atoms with E-state index in [9.17, 15) is 18.7 Å². The highest BCUT2D eigenvalue weighted by atomic mass is 19.1. The van der Waals surface area contributed by atoms with Crippen molar-refractivity contribution in [2.45, 2.75) is 24.7 Å². The lowest BCUT2D eigenvalue weighted by molar-refractivity contribution is -0.147. The maximum absolute atomic E-state index is 14.0. The second-order valence-electron chi connectivity index (χ2n) is 4.18. The van der Waals surface area contributed by atoms with Gasteiger partial charge in [-0.2, -0.15) is 0 Å². The van der Waals surface area contributed by atoms with Crippen molar-refractivity contribution >= 4 is 5.97 Å². The number of ether oxygens (including phenoxy) is 1. The second-order valence-corrected chi connectivity index (χ2v) is 4.18. The Balaban J connectivity index is 2.61. The quantitative estimate of drug-likeness (QED) is 0.885. The molecular weight excluding hydrogens is 230 g/mol. The molecule has 0 unspecified atom stereocenters. The van der Waals surface area contributed by atoms with Crippen LogP contribution in [-0.4, -0.2) is 18.2 Å². The molecule has 0 aliphatic heterocycles. The molecule has 1 aliphatic rings. The van der Waals surface area contributed by atoms with Crippen molar-refractivity contribution in [1.82, 2.24) is 0 Å². The van der Waals surface area contributed by atoms with Crippen molar-refractivity contribution < 1.29 is 23.4 Å². The van der Waals surface area contributed by atoms with Crippen LogP contribution in [0.25, 0.3) is 0 Å². The third-order valence-electron chi connectivity index (χ3n) is 3.37. The second kappa shape index (κ2) is 3.98. The molecule has 1 aromatic carbocycles. The smallest absolute Gasteiger partial charge is 0.314 e. The monoisotopic (exact) mass is 242 g/mol. The fraction of sp³-hybridized carbons (Fsp3) is 0.417. The first kappa shape index (κ1) is 11.8. The molecule has 17 heavy (non-hydrogen) atoms. The molecule has 0 heterocycles. The summed E-state index contributed by atoms with van der Waals surface area (Å²) in [5, 5.41) is 9.18.